The molecule has 2 bridgehead atoms. The fourth-order valence-electron chi connectivity index (χ4n) is 3.39. The summed E-state index contributed by atoms with van der Waals surface area (Å²) in [5, 5.41) is -5.39. The first-order valence-electron chi connectivity index (χ1n) is 6.25. The van der Waals surface area contributed by atoms with Gasteiger partial charge in [-0.15, -0.1) is 0 Å². The van der Waals surface area contributed by atoms with E-state index in [1.54, 1.807) is 0 Å². The monoisotopic (exact) mass is 388 g/mol. The lowest BCUT2D eigenvalue weighted by Gasteiger charge is -2.35. The normalized spacial score (nSPS) is 33.4. The van der Waals surface area contributed by atoms with Gasteiger partial charge < -0.3 is 0 Å². The van der Waals surface area contributed by atoms with Gasteiger partial charge in [-0.25, -0.2) is 8.42 Å². The van der Waals surface area contributed by atoms with Gasteiger partial charge in [0.25, 0.3) is 10.1 Å². The van der Waals surface area contributed by atoms with Crippen LogP contribution < -0.4 is 0 Å². The first-order chi connectivity index (χ1) is 9.67. The Morgan fingerprint density at radius 3 is 1.91 bits per heavy atom. The maximum Gasteiger partial charge on any atom is 0.421 e. The summed E-state index contributed by atoms with van der Waals surface area (Å²) in [7, 11) is -5.14. The van der Waals surface area contributed by atoms with E-state index < -0.39 is 60.6 Å². The molecule has 5 nitrogen and oxygen atoms in total. The van der Waals surface area contributed by atoms with E-state index in [9.17, 15) is 34.4 Å². The van der Waals surface area contributed by atoms with Crippen LogP contribution in [0.1, 0.15) is 19.3 Å². The number of rotatable bonds is 5. The van der Waals surface area contributed by atoms with Gasteiger partial charge in [-0.05, 0) is 31.1 Å². The first kappa shape index (κ1) is 18.2. The van der Waals surface area contributed by atoms with Crippen LogP contribution >= 0.6 is 10.7 Å². The van der Waals surface area contributed by atoms with E-state index in [-0.39, 0.29) is 12.8 Å². The van der Waals surface area contributed by atoms with E-state index in [1.807, 2.05) is 0 Å². The summed E-state index contributed by atoms with van der Waals surface area (Å²) in [6.45, 7) is 0. The summed E-state index contributed by atoms with van der Waals surface area (Å²) < 4.78 is 103. The first-order valence-corrected chi connectivity index (χ1v) is 10.4. The van der Waals surface area contributed by atoms with Crippen molar-refractivity contribution in [1.82, 2.24) is 0 Å². The summed E-state index contributed by atoms with van der Waals surface area (Å²) >= 11 is 0. The predicted molar refractivity (Wildman–Crippen MR) is 68.7 cm³/mol. The van der Waals surface area contributed by atoms with Gasteiger partial charge in [0.05, 0.1) is 12.4 Å². The molecule has 0 aromatic rings. The van der Waals surface area contributed by atoms with Crippen LogP contribution in [0.25, 0.3) is 0 Å². The minimum absolute atomic E-state index is 0.0822. The van der Waals surface area contributed by atoms with Gasteiger partial charge >= 0.3 is 20.2 Å². The Labute approximate surface area is 129 Å². The quantitative estimate of drug-likeness (QED) is 0.410. The molecular formula is C10H13ClF4O5S2. The lowest BCUT2D eigenvalue weighted by molar-refractivity contribution is -0.201. The fraction of sp³-hybridized carbons (Fsp3) is 1.00. The molecule has 12 heteroatoms. The van der Waals surface area contributed by atoms with E-state index in [2.05, 4.69) is 10.7 Å². The molecule has 0 heterocycles. The maximum absolute atomic E-state index is 14.0. The molecule has 2 saturated carbocycles. The Morgan fingerprint density at radius 2 is 1.55 bits per heavy atom. The second kappa shape index (κ2) is 5.18. The molecule has 0 amide bonds. The van der Waals surface area contributed by atoms with E-state index in [4.69, 9.17) is 4.18 Å². The van der Waals surface area contributed by atoms with Gasteiger partial charge in [0.1, 0.15) is 0 Å². The number of fused-ring (bicyclic) bond motifs is 2. The highest BCUT2D eigenvalue weighted by atomic mass is 35.7. The van der Waals surface area contributed by atoms with Crippen LogP contribution in [-0.2, 0) is 23.4 Å². The van der Waals surface area contributed by atoms with Crippen LogP contribution in [-0.4, -0.2) is 40.4 Å². The molecule has 2 aliphatic rings. The number of hydrogen-bond donors (Lipinski definition) is 0. The largest absolute Gasteiger partial charge is 0.421 e. The van der Waals surface area contributed by atoms with E-state index in [0.717, 1.165) is 6.26 Å². The molecule has 0 aromatic carbocycles. The van der Waals surface area contributed by atoms with E-state index >= 15 is 0 Å². The smallest absolute Gasteiger partial charge is 0.267 e. The van der Waals surface area contributed by atoms with Gasteiger partial charge in [0, 0.05) is 16.6 Å². The average Bonchev–Trinajstić information content (AvgIpc) is 2.83. The van der Waals surface area contributed by atoms with Crippen molar-refractivity contribution >= 4 is 29.9 Å². The third-order valence-electron chi connectivity index (χ3n) is 4.25. The topological polar surface area (TPSA) is 77.5 Å². The molecule has 0 N–H and O–H groups in total. The molecule has 0 spiro atoms. The summed E-state index contributed by atoms with van der Waals surface area (Å²) in [6.07, 6.45) is -0.540. The molecule has 4 unspecified atom stereocenters. The number of alkyl halides is 4. The molecule has 22 heavy (non-hydrogen) atoms. The highest BCUT2D eigenvalue weighted by Gasteiger charge is 2.72. The Kier molecular flexibility index (Phi) is 4.29. The number of halogens is 5. The molecular weight excluding hydrogens is 376 g/mol. The second-order valence-electron chi connectivity index (χ2n) is 5.75. The minimum Gasteiger partial charge on any atom is -0.267 e. The molecule has 0 aliphatic heterocycles. The van der Waals surface area contributed by atoms with Gasteiger partial charge in [0.15, 0.2) is 0 Å². The second-order valence-corrected chi connectivity index (χ2v) is 9.96. The Morgan fingerprint density at radius 1 is 1.00 bits per heavy atom. The van der Waals surface area contributed by atoms with Crippen LogP contribution in [0.4, 0.5) is 17.6 Å². The van der Waals surface area contributed by atoms with Crippen molar-refractivity contribution in [2.24, 2.45) is 17.8 Å². The van der Waals surface area contributed by atoms with Crippen LogP contribution in [0, 0.1) is 17.8 Å². The van der Waals surface area contributed by atoms with Crippen molar-refractivity contribution in [3.05, 3.63) is 0 Å². The van der Waals surface area contributed by atoms with Crippen molar-refractivity contribution in [3.63, 3.8) is 0 Å². The molecule has 0 aromatic heterocycles. The highest BCUT2D eigenvalue weighted by Crippen LogP contribution is 2.59. The van der Waals surface area contributed by atoms with Crippen molar-refractivity contribution in [3.8, 4) is 0 Å². The van der Waals surface area contributed by atoms with Crippen molar-refractivity contribution in [2.75, 3.05) is 6.26 Å². The Balaban J connectivity index is 2.19. The van der Waals surface area contributed by atoms with Crippen LogP contribution in [0.15, 0.2) is 0 Å². The summed E-state index contributed by atoms with van der Waals surface area (Å²) in [5.74, 6) is -8.30. The lowest BCUT2D eigenvalue weighted by atomic mass is 9.83. The summed E-state index contributed by atoms with van der Waals surface area (Å²) in [6, 6.07) is 0. The van der Waals surface area contributed by atoms with Crippen molar-refractivity contribution in [1.29, 1.82) is 0 Å². The zero-order valence-corrected chi connectivity index (χ0v) is 13.6. The van der Waals surface area contributed by atoms with Crippen LogP contribution in [0.5, 0.6) is 0 Å². The van der Waals surface area contributed by atoms with Gasteiger partial charge in [-0.3, -0.25) is 4.18 Å². The molecule has 130 valence electrons. The van der Waals surface area contributed by atoms with Crippen LogP contribution in [0.3, 0.4) is 0 Å². The van der Waals surface area contributed by atoms with Gasteiger partial charge in [-0.2, -0.15) is 26.0 Å². The van der Waals surface area contributed by atoms with E-state index in [0.29, 0.717) is 0 Å². The maximum atomic E-state index is 14.0. The average molecular weight is 389 g/mol. The van der Waals surface area contributed by atoms with E-state index in [1.165, 1.54) is 0 Å². The molecule has 0 radical (unpaired) electrons. The lowest BCUT2D eigenvalue weighted by Crippen LogP contribution is -2.52. The third-order valence-corrected chi connectivity index (χ3v) is 6.31. The molecule has 4 atom stereocenters. The van der Waals surface area contributed by atoms with Crippen molar-refractivity contribution in [2.45, 2.75) is 36.5 Å². The zero-order valence-electron chi connectivity index (χ0n) is 11.2. The standard InChI is InChI=1S/C10H13ClF4O5S2/c1-21(16,17)20-8-4-5-2-6(8)3-7(5)9(12,13)10(14,15)22(11,18)19/h5-8H,2-4H2,1H3. The highest BCUT2D eigenvalue weighted by molar-refractivity contribution is 8.14. The molecule has 2 rings (SSSR count). The SMILES string of the molecule is CS(=O)(=O)OC1CC2CC1CC2C(F)(F)C(F)(F)S(=O)(=O)Cl. The fourth-order valence-corrected chi connectivity index (χ4v) is 4.86. The zero-order chi connectivity index (χ0) is 17.1. The summed E-state index contributed by atoms with van der Waals surface area (Å²) in [4.78, 5) is 0. The Bertz CT molecular complexity index is 663. The third kappa shape index (κ3) is 2.96. The predicted octanol–water partition coefficient (Wildman–Crippen LogP) is 2.17. The van der Waals surface area contributed by atoms with Crippen LogP contribution in [0.2, 0.25) is 0 Å². The molecule has 2 fully saturated rings. The number of hydrogen-bond acceptors (Lipinski definition) is 5. The minimum atomic E-state index is -5.79. The van der Waals surface area contributed by atoms with Gasteiger partial charge in [-0.1, -0.05) is 0 Å². The molecule has 0 saturated heterocycles. The van der Waals surface area contributed by atoms with Gasteiger partial charge in [0.2, 0.25) is 0 Å². The Hall–Kier alpha value is -0.130. The molecule has 2 aliphatic carbocycles. The summed E-state index contributed by atoms with van der Waals surface area (Å²) in [5.41, 5.74) is 0. The van der Waals surface area contributed by atoms with Crippen molar-refractivity contribution < 1.29 is 38.6 Å².